The van der Waals surface area contributed by atoms with E-state index in [1.54, 1.807) is 25.2 Å². The fourth-order valence-corrected chi connectivity index (χ4v) is 1.99. The average molecular weight is 437 g/mol. The number of rotatable bonds is 5. The number of nitrogens with one attached hydrogen (secondary N) is 2. The maximum atomic E-state index is 10.7. The molecule has 1 amide bonds. The van der Waals surface area contributed by atoms with Gasteiger partial charge < -0.3 is 31.1 Å². The molecule has 0 heterocycles. The Bertz CT molecular complexity index is 763. The van der Waals surface area contributed by atoms with Gasteiger partial charge in [0, 0.05) is 12.6 Å². The predicted molar refractivity (Wildman–Crippen MR) is 124 cm³/mol. The van der Waals surface area contributed by atoms with Crippen LogP contribution in [0.1, 0.15) is 46.6 Å². The number of amides is 1. The van der Waals surface area contributed by atoms with Crippen LogP contribution in [0.2, 0.25) is 0 Å². The largest absolute Gasteiger partial charge is 0.508 e. The van der Waals surface area contributed by atoms with E-state index in [0.29, 0.717) is 11.3 Å². The maximum absolute atomic E-state index is 10.7. The number of phenols is 3. The molecule has 2 rings (SSSR count). The van der Waals surface area contributed by atoms with Crippen LogP contribution in [0.25, 0.3) is 0 Å². The third-order valence-electron chi connectivity index (χ3n) is 3.31. The normalized spacial score (nSPS) is 10.0. The molecule has 1 atom stereocenters. The summed E-state index contributed by atoms with van der Waals surface area (Å²) < 4.78 is 0. The van der Waals surface area contributed by atoms with Gasteiger partial charge in [0.15, 0.2) is 11.5 Å². The second kappa shape index (κ2) is 17.6. The van der Waals surface area contributed by atoms with Crippen molar-refractivity contribution < 1.29 is 30.0 Å². The molecule has 0 aliphatic carbocycles. The lowest BCUT2D eigenvalue weighted by molar-refractivity contribution is -0.139. The molecule has 0 spiro atoms. The minimum Gasteiger partial charge on any atom is -0.508 e. The minimum atomic E-state index is -0.954. The third-order valence-corrected chi connectivity index (χ3v) is 3.31. The Balaban J connectivity index is 0. The molecule has 31 heavy (non-hydrogen) atoms. The SMILES string of the molecule is CC.CC(=O)Nc1ccc(O)cc1.CCC.CN[C@@H](Cc1ccc(O)c(O)c1)C(=O)O. The van der Waals surface area contributed by atoms with E-state index in [4.69, 9.17) is 15.3 Å². The summed E-state index contributed by atoms with van der Waals surface area (Å²) in [5.41, 5.74) is 1.34. The highest BCUT2D eigenvalue weighted by Gasteiger charge is 2.15. The van der Waals surface area contributed by atoms with Gasteiger partial charge >= 0.3 is 5.97 Å². The number of hydrogen-bond acceptors (Lipinski definition) is 6. The van der Waals surface area contributed by atoms with Crippen LogP contribution in [0, 0.1) is 0 Å². The van der Waals surface area contributed by atoms with Crippen molar-refractivity contribution in [3.8, 4) is 17.2 Å². The Hall–Kier alpha value is -3.26. The second-order valence-electron chi connectivity index (χ2n) is 6.14. The van der Waals surface area contributed by atoms with E-state index in [1.807, 2.05) is 13.8 Å². The Kier molecular flexibility index (Phi) is 17.0. The summed E-state index contributed by atoms with van der Waals surface area (Å²) in [5.74, 6) is -1.33. The first-order valence-electron chi connectivity index (χ1n) is 10.1. The zero-order valence-corrected chi connectivity index (χ0v) is 19.1. The number of carbonyl (C=O) groups is 2. The van der Waals surface area contributed by atoms with Crippen LogP contribution in [0.5, 0.6) is 17.2 Å². The van der Waals surface area contributed by atoms with Gasteiger partial charge in [0.2, 0.25) is 5.91 Å². The summed E-state index contributed by atoms with van der Waals surface area (Å²) in [6.45, 7) is 9.69. The number of phenolic OH excluding ortho intramolecular Hbond substituents is 3. The lowest BCUT2D eigenvalue weighted by Crippen LogP contribution is -2.35. The predicted octanol–water partition coefficient (Wildman–Crippen LogP) is 4.11. The fourth-order valence-electron chi connectivity index (χ4n) is 1.99. The lowest BCUT2D eigenvalue weighted by atomic mass is 10.1. The Morgan fingerprint density at radius 1 is 0.935 bits per heavy atom. The van der Waals surface area contributed by atoms with E-state index in [0.717, 1.165) is 0 Å². The topological polar surface area (TPSA) is 139 Å². The van der Waals surface area contributed by atoms with Gasteiger partial charge in [-0.15, -0.1) is 0 Å². The summed E-state index contributed by atoms with van der Waals surface area (Å²) in [4.78, 5) is 21.2. The smallest absolute Gasteiger partial charge is 0.321 e. The van der Waals surface area contributed by atoms with Crippen molar-refractivity contribution in [2.75, 3.05) is 12.4 Å². The van der Waals surface area contributed by atoms with E-state index in [9.17, 15) is 14.7 Å². The number of carbonyl (C=O) groups excluding carboxylic acids is 1. The van der Waals surface area contributed by atoms with Crippen molar-refractivity contribution in [1.29, 1.82) is 0 Å². The molecule has 2 aromatic carbocycles. The monoisotopic (exact) mass is 436 g/mol. The van der Waals surface area contributed by atoms with Gasteiger partial charge in [0.1, 0.15) is 11.8 Å². The maximum Gasteiger partial charge on any atom is 0.321 e. The summed E-state index contributed by atoms with van der Waals surface area (Å²) in [7, 11) is 1.55. The molecule has 174 valence electrons. The molecular formula is C23H36N2O6. The van der Waals surface area contributed by atoms with Gasteiger partial charge in [-0.1, -0.05) is 40.2 Å². The van der Waals surface area contributed by atoms with Crippen molar-refractivity contribution in [2.45, 2.75) is 53.5 Å². The van der Waals surface area contributed by atoms with Crippen molar-refractivity contribution in [2.24, 2.45) is 0 Å². The Morgan fingerprint density at radius 2 is 1.45 bits per heavy atom. The molecule has 0 bridgehead atoms. The van der Waals surface area contributed by atoms with Crippen LogP contribution in [-0.4, -0.2) is 45.4 Å². The van der Waals surface area contributed by atoms with Crippen LogP contribution < -0.4 is 10.6 Å². The molecule has 0 fully saturated rings. The molecule has 0 aromatic heterocycles. The molecule has 0 unspecified atom stereocenters. The van der Waals surface area contributed by atoms with Gasteiger partial charge in [-0.05, 0) is 55.4 Å². The number of benzene rings is 2. The number of carboxylic acids is 1. The zero-order chi connectivity index (χ0) is 24.4. The summed E-state index contributed by atoms with van der Waals surface area (Å²) in [5, 5.41) is 41.2. The highest BCUT2D eigenvalue weighted by molar-refractivity contribution is 5.88. The summed E-state index contributed by atoms with van der Waals surface area (Å²) in [6.07, 6.45) is 1.50. The first-order chi connectivity index (χ1) is 14.6. The van der Waals surface area contributed by atoms with Gasteiger partial charge in [-0.3, -0.25) is 9.59 Å². The number of carboxylic acid groups (broad SMARTS) is 1. The molecular weight excluding hydrogens is 400 g/mol. The van der Waals surface area contributed by atoms with Gasteiger partial charge in [0.25, 0.3) is 0 Å². The van der Waals surface area contributed by atoms with E-state index in [-0.39, 0.29) is 29.6 Å². The Labute approximate surface area is 184 Å². The number of aromatic hydroxyl groups is 3. The van der Waals surface area contributed by atoms with Crippen LogP contribution in [0.15, 0.2) is 42.5 Å². The molecule has 0 saturated carbocycles. The van der Waals surface area contributed by atoms with E-state index in [2.05, 4.69) is 24.5 Å². The standard InChI is InChI=1S/C10H13NO4.C8H9NO2.C3H8.C2H6/c1-11-7(10(14)15)4-6-2-3-8(12)9(13)5-6;1-6(10)9-7-2-4-8(11)5-3-7;1-3-2;1-2/h2-3,5,7,11-13H,4H2,1H3,(H,14,15);2-5,11H,1H3,(H,9,10);3H2,1-2H3;1-2H3/t7-;;;/m0.../s1. The van der Waals surface area contributed by atoms with Crippen LogP contribution in [-0.2, 0) is 16.0 Å². The van der Waals surface area contributed by atoms with Crippen LogP contribution in [0.3, 0.4) is 0 Å². The second-order valence-corrected chi connectivity index (χ2v) is 6.14. The first kappa shape index (κ1) is 29.9. The Morgan fingerprint density at radius 3 is 1.84 bits per heavy atom. The van der Waals surface area contributed by atoms with Crippen LogP contribution in [0.4, 0.5) is 5.69 Å². The quantitative estimate of drug-likeness (QED) is 0.306. The fraction of sp³-hybridized carbons (Fsp3) is 0.391. The molecule has 8 nitrogen and oxygen atoms in total. The summed E-state index contributed by atoms with van der Waals surface area (Å²) >= 11 is 0. The lowest BCUT2D eigenvalue weighted by Gasteiger charge is -2.11. The van der Waals surface area contributed by atoms with Crippen LogP contribution >= 0.6 is 0 Å². The first-order valence-corrected chi connectivity index (χ1v) is 10.1. The molecule has 2 aromatic rings. The molecule has 6 N–H and O–H groups in total. The average Bonchev–Trinajstić information content (AvgIpc) is 2.72. The number of aliphatic carboxylic acids is 1. The summed E-state index contributed by atoms with van der Waals surface area (Å²) in [6, 6.07) is 9.86. The van der Waals surface area contributed by atoms with Crippen molar-refractivity contribution in [3.63, 3.8) is 0 Å². The number of hydrogen-bond donors (Lipinski definition) is 6. The molecule has 0 radical (unpaired) electrons. The number of likely N-dealkylation sites (N-methyl/N-ethyl adjacent to an activating group) is 1. The van der Waals surface area contributed by atoms with E-state index >= 15 is 0 Å². The van der Waals surface area contributed by atoms with Gasteiger partial charge in [-0.2, -0.15) is 0 Å². The highest BCUT2D eigenvalue weighted by atomic mass is 16.4. The molecule has 8 heteroatoms. The van der Waals surface area contributed by atoms with E-state index in [1.165, 1.54) is 37.6 Å². The van der Waals surface area contributed by atoms with Crippen molar-refractivity contribution in [1.82, 2.24) is 5.32 Å². The molecule has 0 aliphatic rings. The van der Waals surface area contributed by atoms with E-state index < -0.39 is 12.0 Å². The van der Waals surface area contributed by atoms with Gasteiger partial charge in [0.05, 0.1) is 0 Å². The van der Waals surface area contributed by atoms with Crippen molar-refractivity contribution >= 4 is 17.6 Å². The number of anilines is 1. The van der Waals surface area contributed by atoms with Crippen molar-refractivity contribution in [3.05, 3.63) is 48.0 Å². The molecule has 0 aliphatic heterocycles. The third kappa shape index (κ3) is 14.4. The highest BCUT2D eigenvalue weighted by Crippen LogP contribution is 2.25. The zero-order valence-electron chi connectivity index (χ0n) is 19.1. The van der Waals surface area contributed by atoms with Gasteiger partial charge in [-0.25, -0.2) is 0 Å². The molecule has 0 saturated heterocycles. The minimum absolute atomic E-state index is 0.115.